The van der Waals surface area contributed by atoms with Crippen LogP contribution in [0.4, 0.5) is 16.3 Å². The van der Waals surface area contributed by atoms with E-state index in [9.17, 15) is 13.2 Å². The molecule has 1 amide bonds. The van der Waals surface area contributed by atoms with Crippen molar-refractivity contribution in [1.82, 2.24) is 15.0 Å². The third-order valence-corrected chi connectivity index (χ3v) is 6.90. The van der Waals surface area contributed by atoms with Gasteiger partial charge in [-0.1, -0.05) is 72.8 Å². The van der Waals surface area contributed by atoms with Crippen LogP contribution in [0.2, 0.25) is 0 Å². The van der Waals surface area contributed by atoms with E-state index in [2.05, 4.69) is 15.6 Å². The Morgan fingerprint density at radius 1 is 0.850 bits per heavy atom. The van der Waals surface area contributed by atoms with E-state index in [4.69, 9.17) is 19.8 Å². The molecule has 5 rings (SSSR count). The smallest absolute Gasteiger partial charge is 0.412 e. The number of carbonyl (C=O) groups is 1. The topological polar surface area (TPSA) is 149 Å². The van der Waals surface area contributed by atoms with Gasteiger partial charge in [-0.2, -0.15) is 0 Å². The lowest BCUT2D eigenvalue weighted by atomic mass is 10.0. The van der Waals surface area contributed by atoms with E-state index in [1.165, 1.54) is 12.1 Å². The van der Waals surface area contributed by atoms with Gasteiger partial charge in [-0.05, 0) is 24.6 Å². The monoisotopic (exact) mass is 554 g/mol. The van der Waals surface area contributed by atoms with Crippen molar-refractivity contribution in [3.63, 3.8) is 0 Å². The van der Waals surface area contributed by atoms with E-state index < -0.39 is 16.1 Å². The molecule has 4 N–H and O–H groups in total. The van der Waals surface area contributed by atoms with Gasteiger partial charge in [0.05, 0.1) is 28.6 Å². The number of hydrogen-bond acceptors (Lipinski definition) is 8. The predicted octanol–water partition coefficient (Wildman–Crippen LogP) is 5.19. The van der Waals surface area contributed by atoms with Crippen LogP contribution in [0.5, 0.6) is 0 Å². The maximum Gasteiger partial charge on any atom is 0.412 e. The van der Waals surface area contributed by atoms with E-state index >= 15 is 0 Å². The van der Waals surface area contributed by atoms with Gasteiger partial charge >= 0.3 is 6.09 Å². The second-order valence-electron chi connectivity index (χ2n) is 8.77. The average Bonchev–Trinajstić information content (AvgIpc) is 2.96. The largest absolute Gasteiger partial charge is 0.450 e. The molecule has 5 aromatic rings. The number of fused-ring (bicyclic) bond motifs is 1. The zero-order valence-corrected chi connectivity index (χ0v) is 22.4. The first-order chi connectivity index (χ1) is 19.3. The zero-order chi connectivity index (χ0) is 28.1. The number of nitrogens with zero attached hydrogens (tertiary/aromatic N) is 3. The molecule has 0 saturated carbocycles. The van der Waals surface area contributed by atoms with Gasteiger partial charge in [0.25, 0.3) is 0 Å². The molecule has 0 aliphatic carbocycles. The van der Waals surface area contributed by atoms with Crippen molar-refractivity contribution in [1.29, 1.82) is 0 Å². The third-order valence-electron chi connectivity index (χ3n) is 5.97. The summed E-state index contributed by atoms with van der Waals surface area (Å²) >= 11 is 0. The molecule has 0 bridgehead atoms. The third kappa shape index (κ3) is 6.06. The van der Waals surface area contributed by atoms with Crippen LogP contribution < -0.4 is 15.8 Å². The van der Waals surface area contributed by atoms with Crippen LogP contribution in [0.1, 0.15) is 12.5 Å². The summed E-state index contributed by atoms with van der Waals surface area (Å²) in [5.74, 6) is 0.235. The highest BCUT2D eigenvalue weighted by molar-refractivity contribution is 7.89. The number of pyridine rings is 1. The van der Waals surface area contributed by atoms with Gasteiger partial charge in [0.1, 0.15) is 11.3 Å². The summed E-state index contributed by atoms with van der Waals surface area (Å²) in [6.07, 6.45) is -0.643. The van der Waals surface area contributed by atoms with E-state index in [1.807, 2.05) is 60.7 Å². The van der Waals surface area contributed by atoms with Crippen LogP contribution in [0, 0.1) is 0 Å². The molecule has 0 fully saturated rings. The van der Waals surface area contributed by atoms with Crippen molar-refractivity contribution in [3.8, 4) is 22.5 Å². The van der Waals surface area contributed by atoms with Gasteiger partial charge in [-0.3, -0.25) is 5.32 Å². The zero-order valence-electron chi connectivity index (χ0n) is 21.5. The quantitative estimate of drug-likeness (QED) is 0.237. The molecule has 0 aliphatic rings. The summed E-state index contributed by atoms with van der Waals surface area (Å²) in [4.78, 5) is 26.7. The van der Waals surface area contributed by atoms with Crippen molar-refractivity contribution in [2.75, 3.05) is 17.2 Å². The van der Waals surface area contributed by atoms with Crippen LogP contribution in [0.3, 0.4) is 0 Å². The number of rotatable bonds is 8. The maximum atomic E-state index is 12.2. The summed E-state index contributed by atoms with van der Waals surface area (Å²) in [6.45, 7) is 2.24. The lowest BCUT2D eigenvalue weighted by Crippen LogP contribution is -2.15. The van der Waals surface area contributed by atoms with Crippen LogP contribution in [0.15, 0.2) is 95.9 Å². The maximum absolute atomic E-state index is 12.2. The Morgan fingerprint density at radius 2 is 1.45 bits per heavy atom. The number of amides is 1. The lowest BCUT2D eigenvalue weighted by molar-refractivity contribution is 0.168. The van der Waals surface area contributed by atoms with Crippen molar-refractivity contribution in [2.24, 2.45) is 5.14 Å². The Bertz CT molecular complexity index is 1760. The first-order valence-electron chi connectivity index (χ1n) is 12.4. The molecule has 10 nitrogen and oxygen atoms in total. The first kappa shape index (κ1) is 26.7. The Balaban J connectivity index is 1.62. The minimum absolute atomic E-state index is 0.0262. The molecule has 11 heteroatoms. The second-order valence-corrected chi connectivity index (χ2v) is 10.3. The van der Waals surface area contributed by atoms with Crippen molar-refractivity contribution < 1.29 is 17.9 Å². The molecule has 0 radical (unpaired) electrons. The number of nitrogens with two attached hydrogens (primary N) is 1. The van der Waals surface area contributed by atoms with Gasteiger partial charge in [-0.25, -0.2) is 33.3 Å². The molecule has 0 spiro atoms. The minimum Gasteiger partial charge on any atom is -0.450 e. The molecular weight excluding hydrogens is 528 g/mol. The van der Waals surface area contributed by atoms with Crippen LogP contribution in [0.25, 0.3) is 33.7 Å². The minimum atomic E-state index is -3.79. The fourth-order valence-electron chi connectivity index (χ4n) is 4.10. The molecule has 3 aromatic carbocycles. The molecule has 202 valence electrons. The molecule has 2 heterocycles. The van der Waals surface area contributed by atoms with Gasteiger partial charge in [0.15, 0.2) is 5.65 Å². The fourth-order valence-corrected chi connectivity index (χ4v) is 4.61. The predicted molar refractivity (Wildman–Crippen MR) is 154 cm³/mol. The van der Waals surface area contributed by atoms with Gasteiger partial charge in [-0.15, -0.1) is 0 Å². The van der Waals surface area contributed by atoms with E-state index in [-0.39, 0.29) is 17.3 Å². The Kier molecular flexibility index (Phi) is 7.67. The number of anilines is 2. The number of benzene rings is 3. The standard InChI is InChI=1S/C29H26N6O4S/c1-2-39-29(36)33-24-17-23(31-18-19-13-15-22(16-14-19)40(30,37)38)27-28(32-24)35-26(21-11-7-4-8-12-21)25(34-27)20-9-5-3-6-10-20/h3-17H,2,18H2,1H3,(H2,30,37,38)(H2,31,32,33,35,36). The highest BCUT2D eigenvalue weighted by Gasteiger charge is 2.18. The van der Waals surface area contributed by atoms with E-state index in [1.54, 1.807) is 25.1 Å². The number of sulfonamides is 1. The summed E-state index contributed by atoms with van der Waals surface area (Å²) in [7, 11) is -3.79. The second kappa shape index (κ2) is 11.5. The summed E-state index contributed by atoms with van der Waals surface area (Å²) in [6, 6.07) is 27.3. The molecular formula is C29H26N6O4S. The van der Waals surface area contributed by atoms with Crippen LogP contribution in [-0.2, 0) is 21.3 Å². The number of nitrogens with one attached hydrogen (secondary N) is 2. The highest BCUT2D eigenvalue weighted by Crippen LogP contribution is 2.33. The lowest BCUT2D eigenvalue weighted by Gasteiger charge is -2.15. The molecule has 0 unspecified atom stereocenters. The van der Waals surface area contributed by atoms with Crippen molar-refractivity contribution >= 4 is 38.8 Å². The Labute approximate surface area is 231 Å². The van der Waals surface area contributed by atoms with Gasteiger partial charge in [0.2, 0.25) is 10.0 Å². The molecule has 0 aliphatic heterocycles. The molecule has 0 atom stereocenters. The van der Waals surface area contributed by atoms with E-state index in [0.717, 1.165) is 16.7 Å². The Hall–Kier alpha value is -4.87. The van der Waals surface area contributed by atoms with Crippen molar-refractivity contribution in [2.45, 2.75) is 18.4 Å². The summed E-state index contributed by atoms with van der Waals surface area (Å²) in [5.41, 5.74) is 5.25. The fraction of sp³-hybridized carbons (Fsp3) is 0.103. The number of primary sulfonamides is 1. The summed E-state index contributed by atoms with van der Waals surface area (Å²) < 4.78 is 28.3. The van der Waals surface area contributed by atoms with Crippen LogP contribution >= 0.6 is 0 Å². The number of carbonyl (C=O) groups excluding carboxylic acids is 1. The number of aromatic nitrogens is 3. The highest BCUT2D eigenvalue weighted by atomic mass is 32.2. The molecule has 0 saturated heterocycles. The first-order valence-corrected chi connectivity index (χ1v) is 14.0. The normalized spacial score (nSPS) is 11.2. The van der Waals surface area contributed by atoms with Crippen molar-refractivity contribution in [3.05, 3.63) is 96.6 Å². The number of ether oxygens (including phenoxy) is 1. The van der Waals surface area contributed by atoms with Gasteiger partial charge < -0.3 is 10.1 Å². The SMILES string of the molecule is CCOC(=O)Nc1cc(NCc2ccc(S(N)(=O)=O)cc2)c2nc(-c3ccccc3)c(-c3ccccc3)nc2n1. The number of hydrogen-bond donors (Lipinski definition) is 3. The molecule has 2 aromatic heterocycles. The van der Waals surface area contributed by atoms with Crippen LogP contribution in [-0.4, -0.2) is 36.1 Å². The summed E-state index contributed by atoms with van der Waals surface area (Å²) in [5, 5.41) is 11.2. The average molecular weight is 555 g/mol. The van der Waals surface area contributed by atoms with E-state index in [0.29, 0.717) is 34.8 Å². The van der Waals surface area contributed by atoms with Gasteiger partial charge in [0, 0.05) is 23.7 Å². The molecule has 40 heavy (non-hydrogen) atoms. The Morgan fingerprint density at radius 3 is 2.02 bits per heavy atom.